The van der Waals surface area contributed by atoms with Gasteiger partial charge in [-0.25, -0.2) is 13.6 Å². The van der Waals surface area contributed by atoms with E-state index in [0.29, 0.717) is 0 Å². The van der Waals surface area contributed by atoms with Gasteiger partial charge in [-0.2, -0.15) is 0 Å². The van der Waals surface area contributed by atoms with Gasteiger partial charge in [0.2, 0.25) is 12.3 Å². The molecule has 0 saturated carbocycles. The second-order valence-electron chi connectivity index (χ2n) is 4.06. The molecule has 1 unspecified atom stereocenters. The van der Waals surface area contributed by atoms with E-state index in [4.69, 9.17) is 9.84 Å². The van der Waals surface area contributed by atoms with Crippen LogP contribution in [0, 0.1) is 0 Å². The zero-order valence-corrected chi connectivity index (χ0v) is 10.6. The minimum absolute atomic E-state index is 0.181. The van der Waals surface area contributed by atoms with Crippen molar-refractivity contribution in [3.63, 3.8) is 0 Å². The fourth-order valence-electron chi connectivity index (χ4n) is 1.47. The molecule has 1 atom stereocenters. The molecule has 0 heterocycles. The number of carboxylic acid groups (broad SMARTS) is 1. The summed E-state index contributed by atoms with van der Waals surface area (Å²) in [5, 5.41) is 10.7. The molecule has 1 aromatic carbocycles. The van der Waals surface area contributed by atoms with Crippen molar-refractivity contribution in [2.45, 2.75) is 25.5 Å². The van der Waals surface area contributed by atoms with Crippen LogP contribution in [0.3, 0.4) is 0 Å². The molecule has 20 heavy (non-hydrogen) atoms. The van der Waals surface area contributed by atoms with Gasteiger partial charge in [0.15, 0.2) is 0 Å². The summed E-state index contributed by atoms with van der Waals surface area (Å²) in [4.78, 5) is 22.1. The van der Waals surface area contributed by atoms with Crippen LogP contribution in [0.25, 0.3) is 0 Å². The second kappa shape index (κ2) is 8.21. The molecule has 0 aliphatic rings. The predicted molar refractivity (Wildman–Crippen MR) is 66.3 cm³/mol. The quantitative estimate of drug-likeness (QED) is 0.758. The number of alkyl halides is 2. The van der Waals surface area contributed by atoms with Crippen LogP contribution < -0.4 is 5.32 Å². The summed E-state index contributed by atoms with van der Waals surface area (Å²) in [5.74, 6) is -2.24. The molecular weight excluding hydrogens is 272 g/mol. The van der Waals surface area contributed by atoms with E-state index in [1.807, 2.05) is 23.5 Å². The van der Waals surface area contributed by atoms with E-state index in [-0.39, 0.29) is 13.2 Å². The Labute approximate surface area is 114 Å². The van der Waals surface area contributed by atoms with Crippen LogP contribution in [0.15, 0.2) is 30.3 Å². The van der Waals surface area contributed by atoms with Gasteiger partial charge in [0.25, 0.3) is 0 Å². The third-order valence-electron chi connectivity index (χ3n) is 2.39. The number of benzene rings is 1. The zero-order valence-electron chi connectivity index (χ0n) is 10.6. The van der Waals surface area contributed by atoms with Gasteiger partial charge in [-0.1, -0.05) is 30.3 Å². The zero-order chi connectivity index (χ0) is 15.0. The SMILES string of the molecule is O=C(COCc1ccccc1)NC(CC(F)F)C(=O)O. The van der Waals surface area contributed by atoms with Gasteiger partial charge >= 0.3 is 5.97 Å². The number of hydrogen-bond acceptors (Lipinski definition) is 3. The molecule has 0 radical (unpaired) electrons. The molecule has 1 amide bonds. The lowest BCUT2D eigenvalue weighted by Gasteiger charge is -2.14. The first-order valence-electron chi connectivity index (χ1n) is 5.91. The summed E-state index contributed by atoms with van der Waals surface area (Å²) in [7, 11) is 0. The molecule has 0 fully saturated rings. The molecule has 0 aromatic heterocycles. The van der Waals surface area contributed by atoms with Crippen LogP contribution >= 0.6 is 0 Å². The molecule has 7 heteroatoms. The smallest absolute Gasteiger partial charge is 0.326 e. The third-order valence-corrected chi connectivity index (χ3v) is 2.39. The maximum Gasteiger partial charge on any atom is 0.326 e. The van der Waals surface area contributed by atoms with Crippen LogP contribution in [-0.4, -0.2) is 36.1 Å². The summed E-state index contributed by atoms with van der Waals surface area (Å²) < 4.78 is 29.3. The topological polar surface area (TPSA) is 75.6 Å². The Morgan fingerprint density at radius 1 is 1.25 bits per heavy atom. The highest BCUT2D eigenvalue weighted by Gasteiger charge is 2.23. The number of nitrogens with one attached hydrogen (secondary N) is 1. The van der Waals surface area contributed by atoms with Crippen molar-refractivity contribution in [3.8, 4) is 0 Å². The Morgan fingerprint density at radius 3 is 2.45 bits per heavy atom. The Bertz CT molecular complexity index is 439. The van der Waals surface area contributed by atoms with Crippen molar-refractivity contribution >= 4 is 11.9 Å². The van der Waals surface area contributed by atoms with Crippen LogP contribution in [0.4, 0.5) is 8.78 Å². The number of carbonyl (C=O) groups excluding carboxylic acids is 1. The number of amides is 1. The van der Waals surface area contributed by atoms with Crippen LogP contribution in [0.5, 0.6) is 0 Å². The normalized spacial score (nSPS) is 12.2. The monoisotopic (exact) mass is 287 g/mol. The van der Waals surface area contributed by atoms with Gasteiger partial charge in [-0.15, -0.1) is 0 Å². The second-order valence-corrected chi connectivity index (χ2v) is 4.06. The van der Waals surface area contributed by atoms with Crippen molar-refractivity contribution in [3.05, 3.63) is 35.9 Å². The maximum atomic E-state index is 12.1. The molecule has 0 saturated heterocycles. The number of rotatable bonds is 8. The molecule has 2 N–H and O–H groups in total. The van der Waals surface area contributed by atoms with E-state index < -0.39 is 30.8 Å². The average Bonchev–Trinajstić information content (AvgIpc) is 2.38. The Hall–Kier alpha value is -2.02. The standard InChI is InChI=1S/C13H15F2NO4/c14-11(15)6-10(13(18)19)16-12(17)8-20-7-9-4-2-1-3-5-9/h1-5,10-11H,6-8H2,(H,16,17)(H,18,19). The number of hydrogen-bond donors (Lipinski definition) is 2. The number of halogens is 2. The van der Waals surface area contributed by atoms with E-state index >= 15 is 0 Å². The van der Waals surface area contributed by atoms with E-state index in [2.05, 4.69) is 0 Å². The van der Waals surface area contributed by atoms with Gasteiger partial charge in [0.1, 0.15) is 12.6 Å². The van der Waals surface area contributed by atoms with Crippen molar-refractivity contribution in [1.82, 2.24) is 5.32 Å². The average molecular weight is 287 g/mol. The van der Waals surface area contributed by atoms with E-state index in [1.54, 1.807) is 12.1 Å². The van der Waals surface area contributed by atoms with Gasteiger partial charge in [0.05, 0.1) is 6.61 Å². The summed E-state index contributed by atoms with van der Waals surface area (Å²) in [5.41, 5.74) is 0.850. The van der Waals surface area contributed by atoms with Crippen LogP contribution in [-0.2, 0) is 20.9 Å². The van der Waals surface area contributed by atoms with Gasteiger partial charge in [0, 0.05) is 6.42 Å². The van der Waals surface area contributed by atoms with Gasteiger partial charge < -0.3 is 15.2 Å². The number of carboxylic acids is 1. The van der Waals surface area contributed by atoms with E-state index in [0.717, 1.165) is 5.56 Å². The van der Waals surface area contributed by atoms with Gasteiger partial charge in [-0.3, -0.25) is 4.79 Å². The molecule has 0 aliphatic carbocycles. The summed E-state index contributed by atoms with van der Waals surface area (Å²) in [6.07, 6.45) is -3.73. The van der Waals surface area contributed by atoms with Crippen LogP contribution in [0.1, 0.15) is 12.0 Å². The largest absolute Gasteiger partial charge is 0.480 e. The third kappa shape index (κ3) is 6.24. The predicted octanol–water partition coefficient (Wildman–Crippen LogP) is 1.43. The Kier molecular flexibility index (Phi) is 6.58. The molecule has 1 rings (SSSR count). The summed E-state index contributed by atoms with van der Waals surface area (Å²) >= 11 is 0. The lowest BCUT2D eigenvalue weighted by molar-refractivity contribution is -0.143. The molecule has 0 bridgehead atoms. The Morgan fingerprint density at radius 2 is 1.90 bits per heavy atom. The minimum Gasteiger partial charge on any atom is -0.480 e. The molecule has 5 nitrogen and oxygen atoms in total. The van der Waals surface area contributed by atoms with Crippen molar-refractivity contribution in [2.24, 2.45) is 0 Å². The van der Waals surface area contributed by atoms with Crippen LogP contribution in [0.2, 0.25) is 0 Å². The first-order valence-corrected chi connectivity index (χ1v) is 5.91. The first-order chi connectivity index (χ1) is 9.49. The molecule has 110 valence electrons. The van der Waals surface area contributed by atoms with Crippen molar-refractivity contribution in [1.29, 1.82) is 0 Å². The lowest BCUT2D eigenvalue weighted by atomic mass is 10.2. The Balaban J connectivity index is 2.33. The van der Waals surface area contributed by atoms with E-state index in [1.165, 1.54) is 0 Å². The fourth-order valence-corrected chi connectivity index (χ4v) is 1.47. The van der Waals surface area contributed by atoms with Gasteiger partial charge in [-0.05, 0) is 5.56 Å². The summed E-state index contributed by atoms with van der Waals surface area (Å²) in [6.45, 7) is -0.206. The minimum atomic E-state index is -2.80. The highest BCUT2D eigenvalue weighted by Crippen LogP contribution is 2.04. The summed E-state index contributed by atoms with van der Waals surface area (Å²) in [6, 6.07) is 7.44. The molecule has 0 spiro atoms. The number of carbonyl (C=O) groups is 2. The fraction of sp³-hybridized carbons (Fsp3) is 0.385. The molecule has 1 aromatic rings. The number of aliphatic carboxylic acids is 1. The maximum absolute atomic E-state index is 12.1. The highest BCUT2D eigenvalue weighted by molar-refractivity contribution is 5.84. The van der Waals surface area contributed by atoms with Crippen molar-refractivity contribution in [2.75, 3.05) is 6.61 Å². The number of ether oxygens (including phenoxy) is 1. The first kappa shape index (κ1) is 16.0. The van der Waals surface area contributed by atoms with Crippen molar-refractivity contribution < 1.29 is 28.2 Å². The lowest BCUT2D eigenvalue weighted by Crippen LogP contribution is -2.43. The van der Waals surface area contributed by atoms with E-state index in [9.17, 15) is 18.4 Å². The highest BCUT2D eigenvalue weighted by atomic mass is 19.3. The molecule has 0 aliphatic heterocycles. The molecular formula is C13H15F2NO4.